The minimum atomic E-state index is 0.157. The molecule has 1 aromatic heterocycles. The molecular weight excluding hydrogens is 342 g/mol. The third kappa shape index (κ3) is 4.06. The van der Waals surface area contributed by atoms with E-state index in [1.165, 1.54) is 0 Å². The van der Waals surface area contributed by atoms with Gasteiger partial charge in [-0.2, -0.15) is 0 Å². The topological polar surface area (TPSA) is 72.5 Å². The Balaban J connectivity index is 1.31. The lowest BCUT2D eigenvalue weighted by Crippen LogP contribution is -2.27. The zero-order valence-electron chi connectivity index (χ0n) is 15.5. The summed E-state index contributed by atoms with van der Waals surface area (Å²) in [6.07, 6.45) is 3.82. The van der Waals surface area contributed by atoms with Crippen molar-refractivity contribution in [2.24, 2.45) is 11.3 Å². The molecule has 1 saturated heterocycles. The minimum Gasteiger partial charge on any atom is -0.494 e. The van der Waals surface area contributed by atoms with Crippen LogP contribution in [-0.4, -0.2) is 30.6 Å². The summed E-state index contributed by atoms with van der Waals surface area (Å²) < 4.78 is 11.2. The Morgan fingerprint density at radius 2 is 2.11 bits per heavy atom. The maximum Gasteiger partial charge on any atom is 0.224 e. The first-order valence-electron chi connectivity index (χ1n) is 9.53. The number of hydrogen-bond acceptors (Lipinski definition) is 5. The lowest BCUT2D eigenvalue weighted by molar-refractivity contribution is -0.123. The zero-order chi connectivity index (χ0) is 18.7. The molecule has 6 heteroatoms. The van der Waals surface area contributed by atoms with Crippen LogP contribution in [0.25, 0.3) is 0 Å². The van der Waals surface area contributed by atoms with Gasteiger partial charge in [-0.25, -0.2) is 4.98 Å². The van der Waals surface area contributed by atoms with Crippen LogP contribution in [0.4, 0.5) is 0 Å². The van der Waals surface area contributed by atoms with Crippen molar-refractivity contribution in [3.05, 3.63) is 48.2 Å². The van der Waals surface area contributed by atoms with Gasteiger partial charge in [-0.1, -0.05) is 0 Å². The molecule has 1 saturated carbocycles. The number of ether oxygens (including phenoxy) is 2. The number of nitrogens with one attached hydrogen (secondary N) is 2. The van der Waals surface area contributed by atoms with E-state index in [9.17, 15) is 4.79 Å². The van der Waals surface area contributed by atoms with Gasteiger partial charge < -0.3 is 20.1 Å². The molecule has 4 rings (SSSR count). The fraction of sp³-hybridized carbons (Fsp3) is 0.429. The number of carbonyl (C=O) groups is 1. The summed E-state index contributed by atoms with van der Waals surface area (Å²) in [5.41, 5.74) is 1.20. The largest absolute Gasteiger partial charge is 0.494 e. The van der Waals surface area contributed by atoms with E-state index in [-0.39, 0.29) is 17.2 Å². The molecule has 2 atom stereocenters. The normalized spacial score (nSPS) is 23.2. The molecular formula is C21H25N3O3. The van der Waals surface area contributed by atoms with Gasteiger partial charge in [-0.05, 0) is 67.6 Å². The number of carbonyl (C=O) groups excluding carboxylic acids is 1. The highest BCUT2D eigenvalue weighted by molar-refractivity contribution is 5.82. The van der Waals surface area contributed by atoms with Crippen molar-refractivity contribution in [3.63, 3.8) is 0 Å². The highest BCUT2D eigenvalue weighted by atomic mass is 16.5. The second-order valence-corrected chi connectivity index (χ2v) is 7.27. The molecule has 2 N–H and O–H groups in total. The summed E-state index contributed by atoms with van der Waals surface area (Å²) in [5.74, 6) is 2.33. The Bertz CT molecular complexity index is 801. The first kappa shape index (κ1) is 17.8. The molecule has 0 bridgehead atoms. The fourth-order valence-electron chi connectivity index (χ4n) is 3.77. The van der Waals surface area contributed by atoms with Gasteiger partial charge in [0.25, 0.3) is 0 Å². The lowest BCUT2D eigenvalue weighted by atomic mass is 10.0. The number of rotatable bonds is 7. The molecule has 27 heavy (non-hydrogen) atoms. The van der Waals surface area contributed by atoms with Gasteiger partial charge in [0.1, 0.15) is 11.5 Å². The third-order valence-electron chi connectivity index (χ3n) is 5.41. The Morgan fingerprint density at radius 3 is 2.85 bits per heavy atom. The molecule has 2 heterocycles. The summed E-state index contributed by atoms with van der Waals surface area (Å²) >= 11 is 0. The van der Waals surface area contributed by atoms with Crippen molar-refractivity contribution in [2.45, 2.75) is 26.3 Å². The maximum absolute atomic E-state index is 12.4. The Morgan fingerprint density at radius 1 is 1.30 bits per heavy atom. The van der Waals surface area contributed by atoms with E-state index in [0.717, 1.165) is 37.2 Å². The number of pyridine rings is 1. The van der Waals surface area contributed by atoms with Crippen molar-refractivity contribution in [1.29, 1.82) is 0 Å². The molecule has 1 aliphatic heterocycles. The second kappa shape index (κ2) is 7.56. The summed E-state index contributed by atoms with van der Waals surface area (Å²) in [5, 5.41) is 6.42. The minimum absolute atomic E-state index is 0.157. The SMILES string of the molecule is CCOc1ccc(Oc2cc(CNC(=O)C3CC34CCNC4)ccn2)cc1. The second-order valence-electron chi connectivity index (χ2n) is 7.27. The average molecular weight is 367 g/mol. The van der Waals surface area contributed by atoms with E-state index < -0.39 is 0 Å². The fourth-order valence-corrected chi connectivity index (χ4v) is 3.77. The Labute approximate surface area is 159 Å². The van der Waals surface area contributed by atoms with Crippen LogP contribution < -0.4 is 20.1 Å². The van der Waals surface area contributed by atoms with Crippen LogP contribution in [0.1, 0.15) is 25.3 Å². The standard InChI is InChI=1S/C21H25N3O3/c1-2-26-16-3-5-17(6-4-16)27-19-11-15(7-9-23-19)13-24-20(25)18-12-21(18)8-10-22-14-21/h3-7,9,11,18,22H,2,8,10,12-14H2,1H3,(H,24,25). The van der Waals surface area contributed by atoms with Gasteiger partial charge >= 0.3 is 0 Å². The highest BCUT2D eigenvalue weighted by Crippen LogP contribution is 2.56. The maximum atomic E-state index is 12.4. The first-order valence-corrected chi connectivity index (χ1v) is 9.53. The Kier molecular flexibility index (Phi) is 4.99. The molecule has 1 aliphatic carbocycles. The van der Waals surface area contributed by atoms with Crippen LogP contribution in [0.15, 0.2) is 42.6 Å². The molecule has 1 amide bonds. The van der Waals surface area contributed by atoms with Gasteiger partial charge in [0, 0.05) is 31.3 Å². The summed E-state index contributed by atoms with van der Waals surface area (Å²) in [4.78, 5) is 16.7. The van der Waals surface area contributed by atoms with E-state index in [2.05, 4.69) is 15.6 Å². The lowest BCUT2D eigenvalue weighted by Gasteiger charge is -2.10. The predicted octanol–water partition coefficient (Wildman–Crippen LogP) is 2.89. The van der Waals surface area contributed by atoms with Crippen LogP contribution in [-0.2, 0) is 11.3 Å². The molecule has 2 unspecified atom stereocenters. The van der Waals surface area contributed by atoms with Crippen molar-refractivity contribution >= 4 is 5.91 Å². The number of benzene rings is 1. The number of aromatic nitrogens is 1. The third-order valence-corrected chi connectivity index (χ3v) is 5.41. The van der Waals surface area contributed by atoms with Gasteiger partial charge in [0.05, 0.1) is 6.61 Å². The molecule has 142 valence electrons. The van der Waals surface area contributed by atoms with Crippen molar-refractivity contribution < 1.29 is 14.3 Å². The number of nitrogens with zero attached hydrogens (tertiary/aromatic N) is 1. The van der Waals surface area contributed by atoms with Gasteiger partial charge in [0.2, 0.25) is 11.8 Å². The molecule has 0 radical (unpaired) electrons. The zero-order valence-corrected chi connectivity index (χ0v) is 15.5. The van der Waals surface area contributed by atoms with Crippen LogP contribution in [0.5, 0.6) is 17.4 Å². The van der Waals surface area contributed by atoms with Crippen LogP contribution in [0.2, 0.25) is 0 Å². The molecule has 2 aromatic rings. The number of amides is 1. The summed E-state index contributed by atoms with van der Waals surface area (Å²) in [6.45, 7) is 5.07. The monoisotopic (exact) mass is 367 g/mol. The predicted molar refractivity (Wildman–Crippen MR) is 102 cm³/mol. The van der Waals surface area contributed by atoms with Crippen molar-refractivity contribution in [2.75, 3.05) is 19.7 Å². The number of hydrogen-bond donors (Lipinski definition) is 2. The van der Waals surface area contributed by atoms with Crippen molar-refractivity contribution in [3.8, 4) is 17.4 Å². The van der Waals surface area contributed by atoms with E-state index in [1.807, 2.05) is 43.3 Å². The quantitative estimate of drug-likeness (QED) is 0.787. The first-order chi connectivity index (χ1) is 13.2. The molecule has 1 spiro atoms. The van der Waals surface area contributed by atoms with E-state index in [4.69, 9.17) is 9.47 Å². The highest BCUT2D eigenvalue weighted by Gasteiger charge is 2.58. The van der Waals surface area contributed by atoms with E-state index >= 15 is 0 Å². The molecule has 1 aromatic carbocycles. The summed E-state index contributed by atoms with van der Waals surface area (Å²) in [6, 6.07) is 11.2. The van der Waals surface area contributed by atoms with Gasteiger partial charge in [-0.15, -0.1) is 0 Å². The molecule has 6 nitrogen and oxygen atoms in total. The van der Waals surface area contributed by atoms with Crippen LogP contribution in [0.3, 0.4) is 0 Å². The smallest absolute Gasteiger partial charge is 0.224 e. The van der Waals surface area contributed by atoms with Crippen LogP contribution >= 0.6 is 0 Å². The van der Waals surface area contributed by atoms with Gasteiger partial charge in [0.15, 0.2) is 0 Å². The van der Waals surface area contributed by atoms with Crippen LogP contribution in [0, 0.1) is 11.3 Å². The van der Waals surface area contributed by atoms with Gasteiger partial charge in [-0.3, -0.25) is 4.79 Å². The molecule has 2 fully saturated rings. The average Bonchev–Trinajstić information content (AvgIpc) is 3.18. The summed E-state index contributed by atoms with van der Waals surface area (Å²) in [7, 11) is 0. The Hall–Kier alpha value is -2.60. The van der Waals surface area contributed by atoms with E-state index in [0.29, 0.717) is 24.8 Å². The molecule has 2 aliphatic rings. The van der Waals surface area contributed by atoms with E-state index in [1.54, 1.807) is 6.20 Å². The van der Waals surface area contributed by atoms with Crippen molar-refractivity contribution in [1.82, 2.24) is 15.6 Å².